The molecule has 0 unspecified atom stereocenters. The molecule has 2 aliphatic heterocycles. The Bertz CT molecular complexity index is 1660. The molecule has 1 saturated heterocycles. The van der Waals surface area contributed by atoms with Crippen LogP contribution in [0.1, 0.15) is 78.6 Å². The van der Waals surface area contributed by atoms with E-state index in [9.17, 15) is 22.8 Å². The van der Waals surface area contributed by atoms with Gasteiger partial charge in [0.2, 0.25) is 27.7 Å². The van der Waals surface area contributed by atoms with Gasteiger partial charge in [0.1, 0.15) is 23.4 Å². The van der Waals surface area contributed by atoms with Crippen LogP contribution in [0, 0.1) is 17.8 Å². The number of pyridine rings is 1. The molecular formula is C35H46N4O7S. The van der Waals surface area contributed by atoms with Gasteiger partial charge in [0.05, 0.1) is 24.6 Å². The highest BCUT2D eigenvalue weighted by molar-refractivity contribution is 7.91. The molecule has 3 amide bonds. The predicted octanol–water partition coefficient (Wildman–Crippen LogP) is 4.26. The molecule has 6 rings (SSSR count). The fraction of sp³-hybridized carbons (Fsp3) is 0.600. The number of fused-ring (bicyclic) bond motifs is 3. The summed E-state index contributed by atoms with van der Waals surface area (Å²) in [6.07, 6.45) is 10.4. The van der Waals surface area contributed by atoms with Gasteiger partial charge in [-0.05, 0) is 63.4 Å². The maximum absolute atomic E-state index is 14.1. The van der Waals surface area contributed by atoms with Crippen molar-refractivity contribution in [1.82, 2.24) is 19.9 Å². The second-order valence-corrected chi connectivity index (χ2v) is 15.7. The summed E-state index contributed by atoms with van der Waals surface area (Å²) in [5, 5.41) is 3.97. The van der Waals surface area contributed by atoms with Crippen molar-refractivity contribution < 1.29 is 32.3 Å². The maximum atomic E-state index is 14.1. The van der Waals surface area contributed by atoms with E-state index >= 15 is 0 Å². The minimum absolute atomic E-state index is 0.130. The van der Waals surface area contributed by atoms with Crippen LogP contribution in [-0.4, -0.2) is 72.1 Å². The number of carbonyl (C=O) groups excluding carboxylic acids is 3. The lowest BCUT2D eigenvalue weighted by Crippen LogP contribution is -2.56. The third-order valence-electron chi connectivity index (χ3n) is 10.1. The number of benzene rings is 1. The van der Waals surface area contributed by atoms with E-state index in [-0.39, 0.29) is 37.1 Å². The highest BCUT2D eigenvalue weighted by Gasteiger charge is 2.62. The van der Waals surface area contributed by atoms with E-state index in [1.807, 2.05) is 43.3 Å². The number of ether oxygens (including phenoxy) is 2. The second-order valence-electron chi connectivity index (χ2n) is 13.7. The van der Waals surface area contributed by atoms with Crippen molar-refractivity contribution in [3.63, 3.8) is 0 Å². The van der Waals surface area contributed by atoms with Crippen LogP contribution in [0.5, 0.6) is 11.6 Å². The van der Waals surface area contributed by atoms with Crippen LogP contribution in [0.25, 0.3) is 10.8 Å². The summed E-state index contributed by atoms with van der Waals surface area (Å²) >= 11 is 0. The smallest absolute Gasteiger partial charge is 0.259 e. The van der Waals surface area contributed by atoms with E-state index in [1.165, 1.54) is 0 Å². The lowest BCUT2D eigenvalue weighted by Gasteiger charge is -2.28. The summed E-state index contributed by atoms with van der Waals surface area (Å²) in [6, 6.07) is 6.75. The Labute approximate surface area is 276 Å². The van der Waals surface area contributed by atoms with Crippen LogP contribution in [0.2, 0.25) is 0 Å². The lowest BCUT2D eigenvalue weighted by molar-refractivity contribution is -0.140. The normalized spacial score (nSPS) is 30.7. The van der Waals surface area contributed by atoms with Gasteiger partial charge in [-0.1, -0.05) is 50.6 Å². The van der Waals surface area contributed by atoms with Gasteiger partial charge in [-0.15, -0.1) is 0 Å². The molecule has 1 aromatic heterocycles. The van der Waals surface area contributed by atoms with Gasteiger partial charge in [0.15, 0.2) is 0 Å². The number of amides is 3. The average molecular weight is 667 g/mol. The molecule has 254 valence electrons. The number of aromatic nitrogens is 1. The first-order valence-corrected chi connectivity index (χ1v) is 18.6. The maximum Gasteiger partial charge on any atom is 0.259 e. The summed E-state index contributed by atoms with van der Waals surface area (Å²) in [7, 11) is -3.82. The van der Waals surface area contributed by atoms with Crippen LogP contribution < -0.4 is 19.5 Å². The fourth-order valence-corrected chi connectivity index (χ4v) is 8.49. The number of carbonyl (C=O) groups is 3. The van der Waals surface area contributed by atoms with Crippen molar-refractivity contribution in [1.29, 1.82) is 0 Å². The fourth-order valence-electron chi connectivity index (χ4n) is 7.12. The average Bonchev–Trinajstić information content (AvgIpc) is 3.97. The monoisotopic (exact) mass is 666 g/mol. The van der Waals surface area contributed by atoms with Crippen LogP contribution >= 0.6 is 0 Å². The summed E-state index contributed by atoms with van der Waals surface area (Å²) in [6.45, 7) is 6.86. The molecule has 0 radical (unpaired) electrons. The molecule has 2 aliphatic carbocycles. The van der Waals surface area contributed by atoms with Crippen LogP contribution in [-0.2, 0) is 24.4 Å². The summed E-state index contributed by atoms with van der Waals surface area (Å²) in [5.74, 6) is -0.0859. The Morgan fingerprint density at radius 1 is 1.13 bits per heavy atom. The summed E-state index contributed by atoms with van der Waals surface area (Å²) < 4.78 is 39.9. The van der Waals surface area contributed by atoms with Crippen LogP contribution in [0.3, 0.4) is 0 Å². The van der Waals surface area contributed by atoms with Gasteiger partial charge in [-0.2, -0.15) is 0 Å². The summed E-state index contributed by atoms with van der Waals surface area (Å²) in [4.78, 5) is 47.8. The Morgan fingerprint density at radius 2 is 1.89 bits per heavy atom. The van der Waals surface area contributed by atoms with E-state index in [0.717, 1.165) is 36.5 Å². The van der Waals surface area contributed by atoms with Gasteiger partial charge in [-0.3, -0.25) is 19.1 Å². The number of hydrogen-bond donors (Lipinski definition) is 2. The molecule has 11 nitrogen and oxygen atoms in total. The molecule has 4 aliphatic rings. The predicted molar refractivity (Wildman–Crippen MR) is 177 cm³/mol. The first kappa shape index (κ1) is 33.2. The van der Waals surface area contributed by atoms with Crippen LogP contribution in [0.15, 0.2) is 42.6 Å². The number of hydrogen-bond acceptors (Lipinski definition) is 8. The molecule has 6 atom stereocenters. The molecule has 2 N–H and O–H groups in total. The van der Waals surface area contributed by atoms with Gasteiger partial charge in [-0.25, -0.2) is 13.4 Å². The lowest BCUT2D eigenvalue weighted by atomic mass is 9.88. The first-order chi connectivity index (χ1) is 22.5. The third kappa shape index (κ3) is 7.12. The SMILES string of the molecule is CCOc1cnc(O[C@@H]2C[C@H]3C(=O)N[C@]4(C(=O)NS(=O)(=O)C5CC5)C[C@@H]4/C=C\CC[C@@H](C)C[C@@H](CC)CC(=O)N3C2)c2ccccc12. The molecule has 12 heteroatoms. The van der Waals surface area contributed by atoms with Gasteiger partial charge >= 0.3 is 0 Å². The van der Waals surface area contributed by atoms with Crippen LogP contribution in [0.4, 0.5) is 0 Å². The highest BCUT2D eigenvalue weighted by atomic mass is 32.2. The Balaban J connectivity index is 1.29. The highest BCUT2D eigenvalue weighted by Crippen LogP contribution is 2.46. The molecule has 47 heavy (non-hydrogen) atoms. The Morgan fingerprint density at radius 3 is 2.62 bits per heavy atom. The Hall–Kier alpha value is -3.67. The molecule has 1 aromatic carbocycles. The van der Waals surface area contributed by atoms with Gasteiger partial charge in [0.25, 0.3) is 5.91 Å². The van der Waals surface area contributed by atoms with Crippen molar-refractivity contribution >= 4 is 38.5 Å². The van der Waals surface area contributed by atoms with Crippen molar-refractivity contribution in [3.8, 4) is 11.6 Å². The van der Waals surface area contributed by atoms with E-state index in [0.29, 0.717) is 43.4 Å². The zero-order chi connectivity index (χ0) is 33.3. The first-order valence-electron chi connectivity index (χ1n) is 17.1. The van der Waals surface area contributed by atoms with E-state index in [2.05, 4.69) is 28.9 Å². The molecule has 2 aromatic rings. The van der Waals surface area contributed by atoms with E-state index in [4.69, 9.17) is 9.47 Å². The molecule has 3 fully saturated rings. The number of nitrogens with one attached hydrogen (secondary N) is 2. The number of sulfonamides is 1. The molecule has 3 heterocycles. The summed E-state index contributed by atoms with van der Waals surface area (Å²) in [5.41, 5.74) is -1.40. The number of rotatable bonds is 8. The van der Waals surface area contributed by atoms with Crippen molar-refractivity contribution in [2.75, 3.05) is 13.2 Å². The molecular weight excluding hydrogens is 620 g/mol. The minimum atomic E-state index is -3.82. The third-order valence-corrected chi connectivity index (χ3v) is 11.9. The van der Waals surface area contributed by atoms with Gasteiger partial charge < -0.3 is 19.7 Å². The number of nitrogens with zero attached hydrogens (tertiary/aromatic N) is 2. The molecule has 0 spiro atoms. The largest absolute Gasteiger partial charge is 0.492 e. The number of allylic oxidation sites excluding steroid dienone is 1. The van der Waals surface area contributed by atoms with Crippen molar-refractivity contribution in [2.24, 2.45) is 17.8 Å². The quantitative estimate of drug-likeness (QED) is 0.398. The Kier molecular flexibility index (Phi) is 9.51. The van der Waals surface area contributed by atoms with E-state index < -0.39 is 44.8 Å². The molecule has 0 bridgehead atoms. The van der Waals surface area contributed by atoms with Gasteiger partial charge in [0, 0.05) is 29.5 Å². The van der Waals surface area contributed by atoms with Crippen molar-refractivity contribution in [2.45, 2.75) is 101 Å². The zero-order valence-corrected chi connectivity index (χ0v) is 28.3. The topological polar surface area (TPSA) is 144 Å². The second kappa shape index (κ2) is 13.4. The minimum Gasteiger partial charge on any atom is -0.492 e. The standard InChI is InChI=1S/C35H46N4O7S/c1-4-23-16-22(3)10-6-7-11-24-19-35(24,34(42)38-47(43,44)26-14-15-26)37-32(41)29-18-25(21-39(29)31(40)17-23)46-33-28-13-9-8-12-27(28)30(20-36-33)45-5-2/h7-9,11-13,20,22-26,29H,4-6,10,14-19,21H2,1-3H3,(H,37,41)(H,38,42)/b11-7-/t22-,23-,24+,25-,29+,35-/m1/s1. The molecule has 2 saturated carbocycles. The van der Waals surface area contributed by atoms with Crippen molar-refractivity contribution in [3.05, 3.63) is 42.6 Å². The zero-order valence-electron chi connectivity index (χ0n) is 27.4. The van der Waals surface area contributed by atoms with E-state index in [1.54, 1.807) is 11.1 Å².